The standard InChI is InChI=1S/C30H28ClN3O4/c1-3-37-28(35)30(17-18-30)23-12-8-21(9-13-23)22-10-14-24(15-11-22)34-27(16-19-32-34)33-29(36)38-20(2)25-6-4-5-7-26(25)31/h4-16,19-20H,3,17-18H2,1-2H3,(H,33,36)/t20-/m1/s1. The van der Waals surface area contributed by atoms with Gasteiger partial charge in [0.25, 0.3) is 0 Å². The molecule has 0 radical (unpaired) electrons. The second kappa shape index (κ2) is 10.7. The van der Waals surface area contributed by atoms with E-state index in [9.17, 15) is 9.59 Å². The number of hydrogen-bond donors (Lipinski definition) is 1. The van der Waals surface area contributed by atoms with Gasteiger partial charge in [0.05, 0.1) is 23.9 Å². The molecule has 1 aromatic heterocycles. The van der Waals surface area contributed by atoms with E-state index in [1.807, 2.05) is 73.7 Å². The molecule has 1 fully saturated rings. The minimum atomic E-state index is -0.605. The van der Waals surface area contributed by atoms with Gasteiger partial charge in [-0.15, -0.1) is 0 Å². The third-order valence-corrected chi connectivity index (χ3v) is 7.14. The maximum atomic E-state index is 12.6. The number of rotatable bonds is 8. The summed E-state index contributed by atoms with van der Waals surface area (Å²) >= 11 is 6.22. The number of esters is 1. The summed E-state index contributed by atoms with van der Waals surface area (Å²) in [5, 5.41) is 7.65. The SMILES string of the molecule is CCOC(=O)C1(c2ccc(-c3ccc(-n4nccc4NC(=O)O[C@H](C)c4ccccc4Cl)cc3)cc2)CC1. The minimum absolute atomic E-state index is 0.136. The highest BCUT2D eigenvalue weighted by molar-refractivity contribution is 6.31. The van der Waals surface area contributed by atoms with Crippen molar-refractivity contribution in [3.8, 4) is 16.8 Å². The van der Waals surface area contributed by atoms with Crippen LogP contribution in [0.4, 0.5) is 10.6 Å². The zero-order chi connectivity index (χ0) is 26.7. The van der Waals surface area contributed by atoms with Gasteiger partial charge in [-0.05, 0) is 61.6 Å². The Morgan fingerprint density at radius 2 is 1.66 bits per heavy atom. The van der Waals surface area contributed by atoms with Crippen molar-refractivity contribution in [3.63, 3.8) is 0 Å². The first-order valence-corrected chi connectivity index (χ1v) is 12.9. The van der Waals surface area contributed by atoms with Crippen LogP contribution in [0.2, 0.25) is 5.02 Å². The van der Waals surface area contributed by atoms with Crippen LogP contribution < -0.4 is 5.32 Å². The van der Waals surface area contributed by atoms with Gasteiger partial charge in [-0.25, -0.2) is 9.48 Å². The molecule has 1 N–H and O–H groups in total. The molecule has 0 unspecified atom stereocenters. The summed E-state index contributed by atoms with van der Waals surface area (Å²) in [4.78, 5) is 25.0. The van der Waals surface area contributed by atoms with Crippen LogP contribution in [-0.4, -0.2) is 28.4 Å². The van der Waals surface area contributed by atoms with Crippen molar-refractivity contribution in [1.82, 2.24) is 9.78 Å². The van der Waals surface area contributed by atoms with Crippen molar-refractivity contribution in [3.05, 3.63) is 101 Å². The first-order chi connectivity index (χ1) is 18.4. The van der Waals surface area contributed by atoms with Gasteiger partial charge in [0.2, 0.25) is 0 Å². The molecule has 194 valence electrons. The summed E-state index contributed by atoms with van der Waals surface area (Å²) in [6, 6.07) is 24.9. The van der Waals surface area contributed by atoms with E-state index >= 15 is 0 Å². The molecule has 3 aromatic carbocycles. The number of carbonyl (C=O) groups is 2. The number of hydrogen-bond acceptors (Lipinski definition) is 5. The topological polar surface area (TPSA) is 82.5 Å². The molecule has 5 rings (SSSR count). The van der Waals surface area contributed by atoms with Crippen molar-refractivity contribution in [2.45, 2.75) is 38.2 Å². The Bertz CT molecular complexity index is 1440. The van der Waals surface area contributed by atoms with Gasteiger partial charge in [0.1, 0.15) is 11.9 Å². The van der Waals surface area contributed by atoms with Crippen LogP contribution in [0.25, 0.3) is 16.8 Å². The Morgan fingerprint density at radius 1 is 1.00 bits per heavy atom. The molecule has 1 heterocycles. The summed E-state index contributed by atoms with van der Waals surface area (Å²) in [5.74, 6) is 0.343. The van der Waals surface area contributed by atoms with Gasteiger partial charge in [0.15, 0.2) is 0 Å². The second-order valence-electron chi connectivity index (χ2n) is 9.25. The highest BCUT2D eigenvalue weighted by Gasteiger charge is 2.52. The van der Waals surface area contributed by atoms with E-state index in [1.165, 1.54) is 0 Å². The third-order valence-electron chi connectivity index (χ3n) is 6.80. The Labute approximate surface area is 226 Å². The molecule has 0 aliphatic heterocycles. The van der Waals surface area contributed by atoms with E-state index in [0.717, 1.165) is 40.8 Å². The quantitative estimate of drug-likeness (QED) is 0.246. The molecule has 0 spiro atoms. The smallest absolute Gasteiger partial charge is 0.413 e. The average Bonchev–Trinajstić information content (AvgIpc) is 3.62. The van der Waals surface area contributed by atoms with E-state index in [-0.39, 0.29) is 5.97 Å². The van der Waals surface area contributed by atoms with Gasteiger partial charge in [-0.3, -0.25) is 10.1 Å². The highest BCUT2D eigenvalue weighted by atomic mass is 35.5. The molecule has 1 atom stereocenters. The molecule has 0 bridgehead atoms. The Kier molecular flexibility index (Phi) is 7.20. The molecule has 1 amide bonds. The second-order valence-corrected chi connectivity index (χ2v) is 9.66. The van der Waals surface area contributed by atoms with Crippen LogP contribution in [0.3, 0.4) is 0 Å². The van der Waals surface area contributed by atoms with E-state index in [0.29, 0.717) is 17.4 Å². The fourth-order valence-electron chi connectivity index (χ4n) is 4.55. The monoisotopic (exact) mass is 529 g/mol. The molecule has 38 heavy (non-hydrogen) atoms. The van der Waals surface area contributed by atoms with E-state index in [1.54, 1.807) is 29.9 Å². The lowest BCUT2D eigenvalue weighted by molar-refractivity contribution is -0.146. The predicted octanol–water partition coefficient (Wildman–Crippen LogP) is 7.10. The van der Waals surface area contributed by atoms with E-state index < -0.39 is 17.6 Å². The predicted molar refractivity (Wildman–Crippen MR) is 147 cm³/mol. The van der Waals surface area contributed by atoms with Crippen molar-refractivity contribution in [2.75, 3.05) is 11.9 Å². The molecule has 7 nitrogen and oxygen atoms in total. The fraction of sp³-hybridized carbons (Fsp3) is 0.233. The molecule has 1 saturated carbocycles. The average molecular weight is 530 g/mol. The van der Waals surface area contributed by atoms with Gasteiger partial charge < -0.3 is 9.47 Å². The highest BCUT2D eigenvalue weighted by Crippen LogP contribution is 2.49. The Balaban J connectivity index is 1.26. The van der Waals surface area contributed by atoms with Gasteiger partial charge in [-0.1, -0.05) is 66.2 Å². The first kappa shape index (κ1) is 25.5. The van der Waals surface area contributed by atoms with E-state index in [2.05, 4.69) is 10.4 Å². The first-order valence-electron chi connectivity index (χ1n) is 12.6. The lowest BCUT2D eigenvalue weighted by atomic mass is 9.93. The van der Waals surface area contributed by atoms with Gasteiger partial charge >= 0.3 is 12.1 Å². The van der Waals surface area contributed by atoms with E-state index in [4.69, 9.17) is 21.1 Å². The van der Waals surface area contributed by atoms with Crippen LogP contribution in [0, 0.1) is 0 Å². The number of nitrogens with zero attached hydrogens (tertiary/aromatic N) is 2. The van der Waals surface area contributed by atoms with Crippen molar-refractivity contribution in [1.29, 1.82) is 0 Å². The van der Waals surface area contributed by atoms with Crippen molar-refractivity contribution >= 4 is 29.5 Å². The maximum Gasteiger partial charge on any atom is 0.413 e. The summed E-state index contributed by atoms with van der Waals surface area (Å²) in [6.07, 6.45) is 2.14. The largest absolute Gasteiger partial charge is 0.465 e. The van der Waals surface area contributed by atoms with Crippen LogP contribution in [0.1, 0.15) is 43.9 Å². The summed E-state index contributed by atoms with van der Waals surface area (Å²) in [7, 11) is 0. The lowest BCUT2D eigenvalue weighted by Gasteiger charge is -2.16. The Hall–Kier alpha value is -4.10. The zero-order valence-electron chi connectivity index (χ0n) is 21.2. The lowest BCUT2D eigenvalue weighted by Crippen LogP contribution is -2.23. The van der Waals surface area contributed by atoms with Crippen LogP contribution in [0.5, 0.6) is 0 Å². The summed E-state index contributed by atoms with van der Waals surface area (Å²) in [6.45, 7) is 3.99. The number of aromatic nitrogens is 2. The molecule has 4 aromatic rings. The number of carbonyl (C=O) groups excluding carboxylic acids is 2. The normalized spacial score (nSPS) is 14.4. The molecule has 8 heteroatoms. The third kappa shape index (κ3) is 5.15. The van der Waals surface area contributed by atoms with Gasteiger partial charge in [-0.2, -0.15) is 5.10 Å². The number of amides is 1. The van der Waals surface area contributed by atoms with Crippen molar-refractivity contribution < 1.29 is 19.1 Å². The molecule has 1 aliphatic rings. The fourth-order valence-corrected chi connectivity index (χ4v) is 4.84. The Morgan fingerprint density at radius 3 is 2.29 bits per heavy atom. The minimum Gasteiger partial charge on any atom is -0.465 e. The van der Waals surface area contributed by atoms with Crippen LogP contribution in [0.15, 0.2) is 85.1 Å². The number of halogens is 1. The molecular formula is C30H28ClN3O4. The number of benzene rings is 3. The van der Waals surface area contributed by atoms with Crippen molar-refractivity contribution in [2.24, 2.45) is 0 Å². The molecular weight excluding hydrogens is 502 g/mol. The van der Waals surface area contributed by atoms with Crippen LogP contribution >= 0.6 is 11.6 Å². The zero-order valence-corrected chi connectivity index (χ0v) is 21.9. The summed E-state index contributed by atoms with van der Waals surface area (Å²) in [5.41, 5.74) is 4.10. The molecule has 0 saturated heterocycles. The maximum absolute atomic E-state index is 12.6. The number of anilines is 1. The van der Waals surface area contributed by atoms with Crippen LogP contribution in [-0.2, 0) is 19.7 Å². The summed E-state index contributed by atoms with van der Waals surface area (Å²) < 4.78 is 12.4. The number of nitrogens with one attached hydrogen (secondary N) is 1. The number of ether oxygens (including phenoxy) is 2. The molecule has 1 aliphatic carbocycles. The van der Waals surface area contributed by atoms with Gasteiger partial charge in [0, 0.05) is 16.7 Å².